The molecule has 3 heteroatoms. The minimum absolute atomic E-state index is 0.611. The summed E-state index contributed by atoms with van der Waals surface area (Å²) in [5, 5.41) is 10.1. The number of rotatable bonds is 5. The number of aliphatic hydroxyl groups is 1. The molecule has 3 nitrogen and oxygen atoms in total. The fourth-order valence-corrected chi connectivity index (χ4v) is 2.49. The van der Waals surface area contributed by atoms with Gasteiger partial charge in [0.2, 0.25) is 0 Å². The van der Waals surface area contributed by atoms with Crippen LogP contribution in [0.15, 0.2) is 24.8 Å². The summed E-state index contributed by atoms with van der Waals surface area (Å²) in [4.78, 5) is 5.67. The maximum atomic E-state index is 10.1. The second kappa shape index (κ2) is 6.53. The van der Waals surface area contributed by atoms with E-state index >= 15 is 0 Å². The van der Waals surface area contributed by atoms with Crippen molar-refractivity contribution in [3.63, 3.8) is 0 Å². The van der Waals surface area contributed by atoms with Gasteiger partial charge in [-0.3, -0.25) is 4.84 Å². The van der Waals surface area contributed by atoms with E-state index in [0.29, 0.717) is 6.54 Å². The molecule has 0 fully saturated rings. The van der Waals surface area contributed by atoms with Crippen molar-refractivity contribution in [2.75, 3.05) is 0 Å². The maximum Gasteiger partial charge on any atom is 0.112 e. The highest BCUT2D eigenvalue weighted by Crippen LogP contribution is 2.29. The van der Waals surface area contributed by atoms with Gasteiger partial charge in [-0.2, -0.15) is 5.48 Å². The molecule has 0 amide bonds. The standard InChI is InChI=1S/C19H29NO2/c1-14-8-6-7-9-16-11-10-15(12-17(14)16)13-20-22-19(4,5)18(2,3)21/h10-12,20-21H,1,6-9,13H2,2-5H3. The van der Waals surface area contributed by atoms with E-state index in [1.807, 2.05) is 13.8 Å². The van der Waals surface area contributed by atoms with Crippen LogP contribution in [0.3, 0.4) is 0 Å². The van der Waals surface area contributed by atoms with Crippen molar-refractivity contribution in [1.29, 1.82) is 0 Å². The maximum absolute atomic E-state index is 10.1. The lowest BCUT2D eigenvalue weighted by atomic mass is 9.90. The van der Waals surface area contributed by atoms with E-state index < -0.39 is 11.2 Å². The van der Waals surface area contributed by atoms with Crippen LogP contribution in [-0.4, -0.2) is 16.3 Å². The quantitative estimate of drug-likeness (QED) is 0.638. The van der Waals surface area contributed by atoms with Crippen LogP contribution in [0, 0.1) is 0 Å². The normalized spacial score (nSPS) is 16.3. The average molecular weight is 303 g/mol. The Hall–Kier alpha value is -1.16. The predicted octanol–water partition coefficient (Wildman–Crippen LogP) is 4.00. The molecule has 2 N–H and O–H groups in total. The molecule has 0 heterocycles. The molecule has 0 radical (unpaired) electrons. The van der Waals surface area contributed by atoms with E-state index in [1.54, 1.807) is 13.8 Å². The van der Waals surface area contributed by atoms with Crippen LogP contribution in [0.2, 0.25) is 0 Å². The molecule has 0 unspecified atom stereocenters. The summed E-state index contributed by atoms with van der Waals surface area (Å²) >= 11 is 0. The summed E-state index contributed by atoms with van der Waals surface area (Å²) < 4.78 is 0. The zero-order chi connectivity index (χ0) is 16.4. The fraction of sp³-hybridized carbons (Fsp3) is 0.579. The molecule has 2 rings (SSSR count). The molecule has 0 aliphatic heterocycles. The van der Waals surface area contributed by atoms with Gasteiger partial charge in [-0.15, -0.1) is 0 Å². The van der Waals surface area contributed by atoms with Crippen molar-refractivity contribution in [2.45, 2.75) is 71.1 Å². The predicted molar refractivity (Wildman–Crippen MR) is 91.3 cm³/mol. The summed E-state index contributed by atoms with van der Waals surface area (Å²) in [5.41, 5.74) is 6.54. The van der Waals surface area contributed by atoms with Gasteiger partial charge in [0.15, 0.2) is 0 Å². The Labute approximate surface area is 134 Å². The summed E-state index contributed by atoms with van der Waals surface area (Å²) in [6.07, 6.45) is 4.70. The van der Waals surface area contributed by atoms with Gasteiger partial charge in [-0.1, -0.05) is 18.7 Å². The summed E-state index contributed by atoms with van der Waals surface area (Å²) in [5.74, 6) is 0. The second-order valence-corrected chi connectivity index (χ2v) is 7.29. The molecule has 0 saturated heterocycles. The largest absolute Gasteiger partial charge is 0.387 e. The van der Waals surface area contributed by atoms with E-state index in [-0.39, 0.29) is 0 Å². The highest BCUT2D eigenvalue weighted by molar-refractivity contribution is 5.67. The monoisotopic (exact) mass is 303 g/mol. The highest BCUT2D eigenvalue weighted by Gasteiger charge is 2.36. The lowest BCUT2D eigenvalue weighted by Gasteiger charge is -2.36. The number of aryl methyl sites for hydroxylation is 1. The van der Waals surface area contributed by atoms with Crippen LogP contribution in [0.5, 0.6) is 0 Å². The Morgan fingerprint density at radius 2 is 1.86 bits per heavy atom. The van der Waals surface area contributed by atoms with Gasteiger partial charge in [-0.05, 0) is 81.7 Å². The molecule has 0 aromatic heterocycles. The van der Waals surface area contributed by atoms with Crippen LogP contribution < -0.4 is 5.48 Å². The van der Waals surface area contributed by atoms with Crippen molar-refractivity contribution in [3.05, 3.63) is 41.5 Å². The van der Waals surface area contributed by atoms with Gasteiger partial charge >= 0.3 is 0 Å². The smallest absolute Gasteiger partial charge is 0.112 e. The van der Waals surface area contributed by atoms with Crippen LogP contribution in [0.1, 0.15) is 63.6 Å². The van der Waals surface area contributed by atoms with Crippen LogP contribution >= 0.6 is 0 Å². The number of hydrogen-bond acceptors (Lipinski definition) is 3. The summed E-state index contributed by atoms with van der Waals surface area (Å²) in [6, 6.07) is 6.57. The zero-order valence-corrected chi connectivity index (χ0v) is 14.3. The first-order valence-electron chi connectivity index (χ1n) is 8.14. The first-order chi connectivity index (χ1) is 10.2. The first-order valence-corrected chi connectivity index (χ1v) is 8.14. The molecule has 1 aromatic carbocycles. The van der Waals surface area contributed by atoms with Crippen molar-refractivity contribution in [3.8, 4) is 0 Å². The Morgan fingerprint density at radius 1 is 1.18 bits per heavy atom. The van der Waals surface area contributed by atoms with Gasteiger partial charge in [0, 0.05) is 6.54 Å². The van der Waals surface area contributed by atoms with Gasteiger partial charge in [-0.25, -0.2) is 0 Å². The molecule has 122 valence electrons. The number of hydrogen-bond donors (Lipinski definition) is 2. The third-order valence-electron chi connectivity index (χ3n) is 4.81. The van der Waals surface area contributed by atoms with E-state index in [9.17, 15) is 5.11 Å². The molecular formula is C19H29NO2. The molecular weight excluding hydrogens is 274 g/mol. The summed E-state index contributed by atoms with van der Waals surface area (Å²) in [6.45, 7) is 12.1. The van der Waals surface area contributed by atoms with Gasteiger partial charge in [0.1, 0.15) is 5.60 Å². The molecule has 1 aliphatic rings. The summed E-state index contributed by atoms with van der Waals surface area (Å²) in [7, 11) is 0. The number of fused-ring (bicyclic) bond motifs is 1. The third-order valence-corrected chi connectivity index (χ3v) is 4.81. The number of benzene rings is 1. The number of nitrogens with one attached hydrogen (secondary N) is 1. The van der Waals surface area contributed by atoms with Crippen molar-refractivity contribution < 1.29 is 9.94 Å². The van der Waals surface area contributed by atoms with Crippen LogP contribution in [-0.2, 0) is 17.8 Å². The fourth-order valence-electron chi connectivity index (χ4n) is 2.49. The Kier molecular flexibility index (Phi) is 5.10. The zero-order valence-electron chi connectivity index (χ0n) is 14.3. The van der Waals surface area contributed by atoms with Gasteiger partial charge in [0.25, 0.3) is 0 Å². The Balaban J connectivity index is 2.01. The lowest BCUT2D eigenvalue weighted by molar-refractivity contribution is -0.184. The highest BCUT2D eigenvalue weighted by atomic mass is 16.7. The van der Waals surface area contributed by atoms with E-state index in [1.165, 1.54) is 35.1 Å². The van der Waals surface area contributed by atoms with Gasteiger partial charge < -0.3 is 5.11 Å². The van der Waals surface area contributed by atoms with Gasteiger partial charge in [0.05, 0.1) is 5.60 Å². The SMILES string of the molecule is C=C1CCCCc2ccc(CNOC(C)(C)C(C)(C)O)cc21. The van der Waals surface area contributed by atoms with Crippen molar-refractivity contribution in [2.24, 2.45) is 0 Å². The number of allylic oxidation sites excluding steroid dienone is 1. The van der Waals surface area contributed by atoms with E-state index in [4.69, 9.17) is 4.84 Å². The Bertz CT molecular complexity index is 541. The Morgan fingerprint density at radius 3 is 2.55 bits per heavy atom. The minimum atomic E-state index is -0.915. The van der Waals surface area contributed by atoms with Crippen LogP contribution in [0.4, 0.5) is 0 Å². The molecule has 22 heavy (non-hydrogen) atoms. The first kappa shape index (κ1) is 17.2. The average Bonchev–Trinajstić information content (AvgIpc) is 2.60. The number of hydroxylamine groups is 1. The molecule has 0 saturated carbocycles. The molecule has 1 aliphatic carbocycles. The molecule has 0 bridgehead atoms. The second-order valence-electron chi connectivity index (χ2n) is 7.29. The van der Waals surface area contributed by atoms with Crippen LogP contribution in [0.25, 0.3) is 5.57 Å². The molecule has 0 spiro atoms. The molecule has 0 atom stereocenters. The molecule has 1 aromatic rings. The minimum Gasteiger partial charge on any atom is -0.387 e. The lowest BCUT2D eigenvalue weighted by Crippen LogP contribution is -2.49. The van der Waals surface area contributed by atoms with Crippen molar-refractivity contribution >= 4 is 5.57 Å². The van der Waals surface area contributed by atoms with E-state index in [0.717, 1.165) is 12.8 Å². The van der Waals surface area contributed by atoms with E-state index in [2.05, 4.69) is 30.3 Å². The topological polar surface area (TPSA) is 41.5 Å². The third kappa shape index (κ3) is 3.97. The van der Waals surface area contributed by atoms with Crippen molar-refractivity contribution in [1.82, 2.24) is 5.48 Å².